The lowest BCUT2D eigenvalue weighted by Gasteiger charge is -2.09. The molecule has 0 aliphatic carbocycles. The number of unbranched alkanes of at least 4 members (excludes halogenated alkanes) is 3. The van der Waals surface area contributed by atoms with Gasteiger partial charge in [-0.15, -0.1) is 0 Å². The molecule has 0 aliphatic rings. The lowest BCUT2D eigenvalue weighted by atomic mass is 10.1. The van der Waals surface area contributed by atoms with Crippen LogP contribution in [0.4, 0.5) is 0 Å². The van der Waals surface area contributed by atoms with Crippen LogP contribution in [0.3, 0.4) is 0 Å². The normalized spacial score (nSPS) is 10.8. The molecule has 1 heterocycles. The highest BCUT2D eigenvalue weighted by molar-refractivity contribution is 6.06. The number of rotatable bonds is 7. The van der Waals surface area contributed by atoms with Gasteiger partial charge in [0.05, 0.1) is 11.1 Å². The van der Waals surface area contributed by atoms with Crippen LogP contribution < -0.4 is 11.1 Å². The van der Waals surface area contributed by atoms with Crippen LogP contribution in [-0.2, 0) is 0 Å². The zero-order valence-corrected chi connectivity index (χ0v) is 12.6. The van der Waals surface area contributed by atoms with E-state index in [-0.39, 0.29) is 5.91 Å². The van der Waals surface area contributed by atoms with Gasteiger partial charge in [0.15, 0.2) is 0 Å². The minimum atomic E-state index is -0.0180. The predicted octanol–water partition coefficient (Wildman–Crippen LogP) is 2.79. The molecule has 4 nitrogen and oxygen atoms in total. The Balaban J connectivity index is 1.99. The van der Waals surface area contributed by atoms with Crippen molar-refractivity contribution in [1.29, 1.82) is 0 Å². The van der Waals surface area contributed by atoms with E-state index in [4.69, 9.17) is 5.73 Å². The van der Waals surface area contributed by atoms with Crippen LogP contribution >= 0.6 is 0 Å². The van der Waals surface area contributed by atoms with Gasteiger partial charge < -0.3 is 11.1 Å². The van der Waals surface area contributed by atoms with E-state index in [0.29, 0.717) is 12.1 Å². The summed E-state index contributed by atoms with van der Waals surface area (Å²) < 4.78 is 0. The lowest BCUT2D eigenvalue weighted by Crippen LogP contribution is -2.25. The summed E-state index contributed by atoms with van der Waals surface area (Å²) in [6, 6.07) is 9.60. The Kier molecular flexibility index (Phi) is 5.69. The van der Waals surface area contributed by atoms with E-state index in [1.54, 1.807) is 0 Å². The molecule has 2 rings (SSSR count). The maximum absolute atomic E-state index is 12.3. The third kappa shape index (κ3) is 4.26. The fraction of sp³-hybridized carbons (Fsp3) is 0.412. The average molecular weight is 285 g/mol. The molecule has 1 aromatic carbocycles. The van der Waals surface area contributed by atoms with Gasteiger partial charge in [-0.25, -0.2) is 0 Å². The maximum atomic E-state index is 12.3. The van der Waals surface area contributed by atoms with Gasteiger partial charge in [0.1, 0.15) is 0 Å². The first-order chi connectivity index (χ1) is 10.2. The number of benzene rings is 1. The molecule has 0 saturated heterocycles. The molecule has 4 heteroatoms. The highest BCUT2D eigenvalue weighted by Gasteiger charge is 2.10. The van der Waals surface area contributed by atoms with Gasteiger partial charge >= 0.3 is 0 Å². The highest BCUT2D eigenvalue weighted by atomic mass is 16.1. The van der Waals surface area contributed by atoms with Crippen LogP contribution in [0.2, 0.25) is 0 Å². The molecule has 0 saturated carbocycles. The Morgan fingerprint density at radius 3 is 2.76 bits per heavy atom. The van der Waals surface area contributed by atoms with E-state index in [9.17, 15) is 4.79 Å². The maximum Gasteiger partial charge on any atom is 0.252 e. The number of hydrogen-bond acceptors (Lipinski definition) is 3. The first kappa shape index (κ1) is 15.4. The Bertz CT molecular complexity index is 610. The number of para-hydroxylation sites is 1. The Morgan fingerprint density at radius 2 is 1.95 bits per heavy atom. The second-order valence-electron chi connectivity index (χ2n) is 5.29. The molecule has 0 atom stereocenters. The van der Waals surface area contributed by atoms with E-state index in [1.165, 1.54) is 0 Å². The number of nitrogens with two attached hydrogens (primary N) is 1. The van der Waals surface area contributed by atoms with E-state index in [1.807, 2.05) is 37.3 Å². The zero-order valence-electron chi connectivity index (χ0n) is 12.6. The van der Waals surface area contributed by atoms with Gasteiger partial charge in [0.25, 0.3) is 5.91 Å². The van der Waals surface area contributed by atoms with Crippen molar-refractivity contribution in [2.45, 2.75) is 32.6 Å². The molecule has 0 aliphatic heterocycles. The monoisotopic (exact) mass is 285 g/mol. The summed E-state index contributed by atoms with van der Waals surface area (Å²) in [4.78, 5) is 16.8. The number of nitrogens with zero attached hydrogens (tertiary/aromatic N) is 1. The Labute approximate surface area is 125 Å². The summed E-state index contributed by atoms with van der Waals surface area (Å²) >= 11 is 0. The number of aryl methyl sites for hydroxylation is 1. The van der Waals surface area contributed by atoms with Gasteiger partial charge in [-0.3, -0.25) is 9.78 Å². The van der Waals surface area contributed by atoms with E-state index in [2.05, 4.69) is 10.3 Å². The molecule has 3 N–H and O–H groups in total. The second kappa shape index (κ2) is 7.74. The number of pyridine rings is 1. The fourth-order valence-electron chi connectivity index (χ4n) is 2.42. The van der Waals surface area contributed by atoms with Crippen LogP contribution in [0.1, 0.15) is 41.7 Å². The van der Waals surface area contributed by atoms with Gasteiger partial charge in [0.2, 0.25) is 0 Å². The van der Waals surface area contributed by atoms with E-state index >= 15 is 0 Å². The molecule has 0 radical (unpaired) electrons. The standard InChI is InChI=1S/C17H23N3O/c1-13-12-15(14-8-4-5-9-16(14)20-13)17(21)19-11-7-3-2-6-10-18/h4-5,8-9,12H,2-3,6-7,10-11,18H2,1H3,(H,19,21). The van der Waals surface area contributed by atoms with E-state index in [0.717, 1.165) is 48.8 Å². The second-order valence-corrected chi connectivity index (χ2v) is 5.29. The quantitative estimate of drug-likeness (QED) is 0.769. The number of carbonyl (C=O) groups is 1. The molecule has 112 valence electrons. The minimum Gasteiger partial charge on any atom is -0.352 e. The topological polar surface area (TPSA) is 68.0 Å². The SMILES string of the molecule is Cc1cc(C(=O)NCCCCCCN)c2ccccc2n1. The molecule has 21 heavy (non-hydrogen) atoms. The van der Waals surface area contributed by atoms with Crippen molar-refractivity contribution in [1.82, 2.24) is 10.3 Å². The van der Waals surface area contributed by atoms with Gasteiger partial charge in [0, 0.05) is 17.6 Å². The lowest BCUT2D eigenvalue weighted by molar-refractivity contribution is 0.0954. The number of fused-ring (bicyclic) bond motifs is 1. The van der Waals surface area contributed by atoms with Crippen molar-refractivity contribution in [3.8, 4) is 0 Å². The summed E-state index contributed by atoms with van der Waals surface area (Å²) in [5.41, 5.74) is 7.90. The smallest absolute Gasteiger partial charge is 0.252 e. The van der Waals surface area contributed by atoms with Gasteiger partial charge in [-0.2, -0.15) is 0 Å². The average Bonchev–Trinajstić information content (AvgIpc) is 2.49. The number of hydrogen-bond donors (Lipinski definition) is 2. The van der Waals surface area contributed by atoms with Crippen LogP contribution in [0, 0.1) is 6.92 Å². The molecule has 1 aromatic heterocycles. The third-order valence-corrected chi connectivity index (χ3v) is 3.51. The summed E-state index contributed by atoms with van der Waals surface area (Å²) in [5.74, 6) is -0.0180. The Hall–Kier alpha value is -1.94. The highest BCUT2D eigenvalue weighted by Crippen LogP contribution is 2.18. The van der Waals surface area contributed by atoms with Crippen molar-refractivity contribution in [2.24, 2.45) is 5.73 Å². The van der Waals surface area contributed by atoms with E-state index < -0.39 is 0 Å². The number of aromatic nitrogens is 1. The van der Waals surface area contributed by atoms with Crippen molar-refractivity contribution < 1.29 is 4.79 Å². The first-order valence-electron chi connectivity index (χ1n) is 7.57. The van der Waals surface area contributed by atoms with Crippen LogP contribution in [0.15, 0.2) is 30.3 Å². The van der Waals surface area contributed by atoms with Gasteiger partial charge in [-0.1, -0.05) is 31.0 Å². The fourth-order valence-corrected chi connectivity index (χ4v) is 2.42. The molecule has 0 bridgehead atoms. The van der Waals surface area contributed by atoms with Crippen LogP contribution in [0.5, 0.6) is 0 Å². The minimum absolute atomic E-state index is 0.0180. The molecule has 0 unspecified atom stereocenters. The summed E-state index contributed by atoms with van der Waals surface area (Å²) in [5, 5.41) is 3.90. The Morgan fingerprint density at radius 1 is 1.19 bits per heavy atom. The summed E-state index contributed by atoms with van der Waals surface area (Å²) in [6.45, 7) is 3.36. The molecule has 0 fully saturated rings. The van der Waals surface area contributed by atoms with Crippen molar-refractivity contribution in [2.75, 3.05) is 13.1 Å². The van der Waals surface area contributed by atoms with Gasteiger partial charge in [-0.05, 0) is 38.4 Å². The molecule has 1 amide bonds. The van der Waals surface area contributed by atoms with Crippen LogP contribution in [-0.4, -0.2) is 24.0 Å². The molecule has 2 aromatic rings. The molecular formula is C17H23N3O. The molecular weight excluding hydrogens is 262 g/mol. The summed E-state index contributed by atoms with van der Waals surface area (Å²) in [7, 11) is 0. The van der Waals surface area contributed by atoms with Crippen molar-refractivity contribution in [3.63, 3.8) is 0 Å². The van der Waals surface area contributed by atoms with Crippen LogP contribution in [0.25, 0.3) is 10.9 Å². The summed E-state index contributed by atoms with van der Waals surface area (Å²) in [6.07, 6.45) is 4.28. The first-order valence-corrected chi connectivity index (χ1v) is 7.57. The number of carbonyl (C=O) groups excluding carboxylic acids is 1. The number of amides is 1. The molecule has 0 spiro atoms. The third-order valence-electron chi connectivity index (χ3n) is 3.51. The largest absolute Gasteiger partial charge is 0.352 e. The predicted molar refractivity (Wildman–Crippen MR) is 86.3 cm³/mol. The zero-order chi connectivity index (χ0) is 15.1. The number of nitrogens with one attached hydrogen (secondary N) is 1. The van der Waals surface area contributed by atoms with Crippen molar-refractivity contribution in [3.05, 3.63) is 41.6 Å². The van der Waals surface area contributed by atoms with Crippen molar-refractivity contribution >= 4 is 16.8 Å².